The summed E-state index contributed by atoms with van der Waals surface area (Å²) in [4.78, 5) is 27.2. The number of amides is 2. The van der Waals surface area contributed by atoms with Crippen molar-refractivity contribution in [3.8, 4) is 12.3 Å². The Morgan fingerprint density at radius 3 is 2.60 bits per heavy atom. The number of carbonyl (C=O) groups excluding carboxylic acids is 2. The topological polar surface area (TPSA) is 64.7 Å². The first kappa shape index (κ1) is 16.2. The van der Waals surface area contributed by atoms with Gasteiger partial charge < -0.3 is 10.2 Å². The molecule has 1 saturated heterocycles. The molecule has 0 saturated carbocycles. The summed E-state index contributed by atoms with van der Waals surface area (Å²) in [5, 5.41) is 5.62. The predicted molar refractivity (Wildman–Crippen MR) is 77.9 cm³/mol. The Bertz CT molecular complexity index is 381. The Morgan fingerprint density at radius 1 is 1.30 bits per heavy atom. The van der Waals surface area contributed by atoms with Gasteiger partial charge in [-0.3, -0.25) is 19.8 Å². The largest absolute Gasteiger partial charge is 0.352 e. The molecule has 2 amide bonds. The van der Waals surface area contributed by atoms with Crippen molar-refractivity contribution >= 4 is 11.8 Å². The lowest BCUT2D eigenvalue weighted by molar-refractivity contribution is -0.132. The molecule has 2 N–H and O–H groups in total. The summed E-state index contributed by atoms with van der Waals surface area (Å²) in [6, 6.07) is 0. The molecule has 0 spiro atoms. The molecule has 0 aromatic carbocycles. The number of nitrogens with zero attached hydrogens (tertiary/aromatic N) is 2. The standard InChI is InChI=1S/C14H22N4O2/c1-3-5-15-11-14(20)18-9-7-17(8-10-18)12-13(19)16-6-4-2/h1,4,15H,2,5-12H2,(H,16,19). The Kier molecular flexibility index (Phi) is 7.40. The summed E-state index contributed by atoms with van der Waals surface area (Å²) >= 11 is 0. The Hall–Kier alpha value is -1.84. The van der Waals surface area contributed by atoms with Crippen LogP contribution in [0, 0.1) is 12.3 Å². The highest BCUT2D eigenvalue weighted by molar-refractivity contribution is 5.79. The Labute approximate surface area is 120 Å². The second-order valence-electron chi connectivity index (χ2n) is 4.56. The zero-order valence-electron chi connectivity index (χ0n) is 11.7. The zero-order chi connectivity index (χ0) is 14.8. The molecule has 0 aromatic heterocycles. The average Bonchev–Trinajstić information content (AvgIpc) is 2.46. The summed E-state index contributed by atoms with van der Waals surface area (Å²) in [7, 11) is 0. The maximum absolute atomic E-state index is 11.8. The van der Waals surface area contributed by atoms with Crippen LogP contribution in [0.15, 0.2) is 12.7 Å². The average molecular weight is 278 g/mol. The first-order valence-corrected chi connectivity index (χ1v) is 6.69. The zero-order valence-corrected chi connectivity index (χ0v) is 11.7. The van der Waals surface area contributed by atoms with Crippen molar-refractivity contribution in [2.24, 2.45) is 0 Å². The molecule has 1 aliphatic rings. The van der Waals surface area contributed by atoms with Gasteiger partial charge in [0.05, 0.1) is 19.6 Å². The van der Waals surface area contributed by atoms with Gasteiger partial charge in [-0.2, -0.15) is 0 Å². The van der Waals surface area contributed by atoms with Crippen LogP contribution in [-0.2, 0) is 9.59 Å². The van der Waals surface area contributed by atoms with Gasteiger partial charge in [-0.15, -0.1) is 13.0 Å². The monoisotopic (exact) mass is 278 g/mol. The minimum Gasteiger partial charge on any atom is -0.352 e. The van der Waals surface area contributed by atoms with E-state index in [9.17, 15) is 9.59 Å². The number of nitrogens with one attached hydrogen (secondary N) is 2. The molecule has 0 atom stereocenters. The van der Waals surface area contributed by atoms with E-state index in [-0.39, 0.29) is 18.4 Å². The fourth-order valence-electron chi connectivity index (χ4n) is 1.95. The van der Waals surface area contributed by atoms with Crippen LogP contribution >= 0.6 is 0 Å². The van der Waals surface area contributed by atoms with E-state index in [0.717, 1.165) is 0 Å². The molecule has 0 aromatic rings. The van der Waals surface area contributed by atoms with Gasteiger partial charge in [0.1, 0.15) is 0 Å². The molecule has 1 heterocycles. The van der Waals surface area contributed by atoms with Crippen LogP contribution in [0.3, 0.4) is 0 Å². The lowest BCUT2D eigenvalue weighted by Crippen LogP contribution is -2.52. The maximum atomic E-state index is 11.8. The number of rotatable bonds is 7. The molecule has 0 bridgehead atoms. The first-order valence-electron chi connectivity index (χ1n) is 6.69. The van der Waals surface area contributed by atoms with Crippen LogP contribution in [0.4, 0.5) is 0 Å². The van der Waals surface area contributed by atoms with E-state index in [2.05, 4.69) is 23.1 Å². The molecule has 20 heavy (non-hydrogen) atoms. The van der Waals surface area contributed by atoms with Crippen LogP contribution in [0.1, 0.15) is 0 Å². The third-order valence-electron chi connectivity index (χ3n) is 3.04. The van der Waals surface area contributed by atoms with Gasteiger partial charge in [-0.25, -0.2) is 0 Å². The normalized spacial score (nSPS) is 15.4. The van der Waals surface area contributed by atoms with Gasteiger partial charge in [-0.05, 0) is 0 Å². The van der Waals surface area contributed by atoms with Gasteiger partial charge in [-0.1, -0.05) is 12.0 Å². The third-order valence-corrected chi connectivity index (χ3v) is 3.04. The van der Waals surface area contributed by atoms with Crippen molar-refractivity contribution in [2.75, 3.05) is 52.4 Å². The number of piperazine rings is 1. The van der Waals surface area contributed by atoms with E-state index in [1.807, 2.05) is 4.90 Å². The van der Waals surface area contributed by atoms with Crippen LogP contribution in [0.5, 0.6) is 0 Å². The fourth-order valence-corrected chi connectivity index (χ4v) is 1.95. The van der Waals surface area contributed by atoms with Gasteiger partial charge in [0.25, 0.3) is 0 Å². The number of carbonyl (C=O) groups is 2. The van der Waals surface area contributed by atoms with Crippen LogP contribution < -0.4 is 10.6 Å². The minimum absolute atomic E-state index is 0.0136. The van der Waals surface area contributed by atoms with E-state index in [1.165, 1.54) is 0 Å². The summed E-state index contributed by atoms with van der Waals surface area (Å²) in [6.45, 7) is 7.77. The van der Waals surface area contributed by atoms with Crippen molar-refractivity contribution in [1.29, 1.82) is 0 Å². The van der Waals surface area contributed by atoms with Crippen LogP contribution in [0.2, 0.25) is 0 Å². The van der Waals surface area contributed by atoms with E-state index in [4.69, 9.17) is 6.42 Å². The van der Waals surface area contributed by atoms with E-state index in [0.29, 0.717) is 45.8 Å². The highest BCUT2D eigenvalue weighted by Gasteiger charge is 2.21. The summed E-state index contributed by atoms with van der Waals surface area (Å²) in [5.41, 5.74) is 0. The molecule has 1 aliphatic heterocycles. The number of hydrogen-bond acceptors (Lipinski definition) is 4. The van der Waals surface area contributed by atoms with Crippen molar-refractivity contribution < 1.29 is 9.59 Å². The molecule has 110 valence electrons. The smallest absolute Gasteiger partial charge is 0.236 e. The van der Waals surface area contributed by atoms with Gasteiger partial charge in [0.15, 0.2) is 0 Å². The van der Waals surface area contributed by atoms with E-state index >= 15 is 0 Å². The molecule has 1 fully saturated rings. The minimum atomic E-state index is -0.0136. The number of terminal acetylenes is 1. The fraction of sp³-hybridized carbons (Fsp3) is 0.571. The molecule has 0 radical (unpaired) electrons. The van der Waals surface area contributed by atoms with Crippen LogP contribution in [-0.4, -0.2) is 74.0 Å². The van der Waals surface area contributed by atoms with Crippen molar-refractivity contribution in [3.63, 3.8) is 0 Å². The maximum Gasteiger partial charge on any atom is 0.236 e. The van der Waals surface area contributed by atoms with Crippen molar-refractivity contribution in [3.05, 3.63) is 12.7 Å². The predicted octanol–water partition coefficient (Wildman–Crippen LogP) is -1.34. The SMILES string of the molecule is C#CCNCC(=O)N1CCN(CC(=O)NCC=C)CC1. The molecule has 6 heteroatoms. The highest BCUT2D eigenvalue weighted by atomic mass is 16.2. The van der Waals surface area contributed by atoms with E-state index in [1.54, 1.807) is 11.0 Å². The van der Waals surface area contributed by atoms with Crippen molar-refractivity contribution in [2.45, 2.75) is 0 Å². The van der Waals surface area contributed by atoms with Crippen molar-refractivity contribution in [1.82, 2.24) is 20.4 Å². The van der Waals surface area contributed by atoms with Crippen LogP contribution in [0.25, 0.3) is 0 Å². The lowest BCUT2D eigenvalue weighted by Gasteiger charge is -2.34. The summed E-state index contributed by atoms with van der Waals surface area (Å²) in [6.07, 6.45) is 6.75. The Balaban J connectivity index is 2.22. The van der Waals surface area contributed by atoms with Gasteiger partial charge in [0, 0.05) is 32.7 Å². The van der Waals surface area contributed by atoms with E-state index < -0.39 is 0 Å². The summed E-state index contributed by atoms with van der Waals surface area (Å²) in [5.74, 6) is 2.47. The summed E-state index contributed by atoms with van der Waals surface area (Å²) < 4.78 is 0. The molecule has 0 unspecified atom stereocenters. The molecule has 0 aliphatic carbocycles. The molecular formula is C14H22N4O2. The van der Waals surface area contributed by atoms with Gasteiger partial charge in [0.2, 0.25) is 11.8 Å². The Morgan fingerprint density at radius 2 is 2.00 bits per heavy atom. The van der Waals surface area contributed by atoms with Gasteiger partial charge >= 0.3 is 0 Å². The highest BCUT2D eigenvalue weighted by Crippen LogP contribution is 2.01. The third kappa shape index (κ3) is 5.87. The second-order valence-corrected chi connectivity index (χ2v) is 4.56. The molecular weight excluding hydrogens is 256 g/mol. The second kappa shape index (κ2) is 9.13. The quantitative estimate of drug-likeness (QED) is 0.343. The lowest BCUT2D eigenvalue weighted by atomic mass is 10.3. The molecule has 1 rings (SSSR count). The first-order chi connectivity index (χ1) is 9.67. The number of hydrogen-bond donors (Lipinski definition) is 2. The molecule has 6 nitrogen and oxygen atoms in total.